The van der Waals surface area contributed by atoms with Gasteiger partial charge in [0.25, 0.3) is 0 Å². The Kier molecular flexibility index (Phi) is 5.69. The van der Waals surface area contributed by atoms with Gasteiger partial charge in [0, 0.05) is 40.9 Å². The van der Waals surface area contributed by atoms with E-state index in [0.29, 0.717) is 0 Å². The maximum atomic E-state index is 13.1. The SMILES string of the molecule is CC1(C)CC(C(=O)CC(=O)OC2CC(C)(C)N(Cn3n4c5ccccc5n34)C(C)(C)C2)CC(C)(C)N1. The molecular weight excluding hydrogens is 454 g/mol. The molecule has 4 heterocycles. The number of likely N-dealkylation sites (tertiary alicyclic amines) is 1. The predicted molar refractivity (Wildman–Crippen MR) is 140 cm³/mol. The van der Waals surface area contributed by atoms with E-state index in [0.717, 1.165) is 32.4 Å². The summed E-state index contributed by atoms with van der Waals surface area (Å²) in [6.07, 6.45) is 2.64. The van der Waals surface area contributed by atoms with Crippen LogP contribution in [0.5, 0.6) is 0 Å². The Morgan fingerprint density at radius 2 is 1.36 bits per heavy atom. The third-order valence-electron chi connectivity index (χ3n) is 8.34. The second kappa shape index (κ2) is 8.09. The molecule has 0 aliphatic carbocycles. The largest absolute Gasteiger partial charge is 0.462 e. The third-order valence-corrected chi connectivity index (χ3v) is 8.34. The summed E-state index contributed by atoms with van der Waals surface area (Å²) in [5.74, 6) is -0.482. The highest BCUT2D eigenvalue weighted by Gasteiger charge is 2.48. The quantitative estimate of drug-likeness (QED) is 0.402. The number of carbonyl (C=O) groups is 2. The lowest BCUT2D eigenvalue weighted by Gasteiger charge is -2.54. The molecule has 2 fully saturated rings. The van der Waals surface area contributed by atoms with Crippen LogP contribution in [0.4, 0.5) is 0 Å². The van der Waals surface area contributed by atoms with Crippen LogP contribution in [0.3, 0.4) is 0 Å². The minimum absolute atomic E-state index is 0.0123. The number of carbonyl (C=O) groups excluding carboxylic acids is 2. The Labute approximate surface area is 214 Å². The van der Waals surface area contributed by atoms with Gasteiger partial charge >= 0.3 is 5.97 Å². The van der Waals surface area contributed by atoms with Gasteiger partial charge in [-0.15, -0.1) is 0 Å². The number of piperidine rings is 2. The number of ketones is 1. The van der Waals surface area contributed by atoms with Gasteiger partial charge < -0.3 is 10.1 Å². The van der Waals surface area contributed by atoms with Gasteiger partial charge in [0.05, 0.1) is 0 Å². The molecule has 1 aromatic carbocycles. The van der Waals surface area contributed by atoms with Crippen LogP contribution in [0.25, 0.3) is 11.0 Å². The Morgan fingerprint density at radius 1 is 0.861 bits per heavy atom. The minimum atomic E-state index is -0.379. The first-order valence-electron chi connectivity index (χ1n) is 13.3. The monoisotopic (exact) mass is 497 g/mol. The number of rotatable bonds is 6. The highest BCUT2D eigenvalue weighted by Crippen LogP contribution is 2.41. The molecule has 8 nitrogen and oxygen atoms in total. The summed E-state index contributed by atoms with van der Waals surface area (Å²) in [6.45, 7) is 18.2. The molecule has 2 saturated heterocycles. The van der Waals surface area contributed by atoms with E-state index in [1.165, 1.54) is 11.0 Å². The number of para-hydroxylation sites is 2. The Bertz CT molecular complexity index is 1200. The zero-order valence-corrected chi connectivity index (χ0v) is 23.2. The van der Waals surface area contributed by atoms with E-state index in [9.17, 15) is 9.59 Å². The molecule has 198 valence electrons. The summed E-state index contributed by atoms with van der Waals surface area (Å²) in [6, 6.07) is 8.41. The lowest BCUT2D eigenvalue weighted by atomic mass is 9.74. The number of hydrogen-bond donors (Lipinski definition) is 1. The Balaban J connectivity index is 1.21. The minimum Gasteiger partial charge on any atom is -0.462 e. The number of nitrogens with zero attached hydrogens (tertiary/aromatic N) is 4. The summed E-state index contributed by atoms with van der Waals surface area (Å²) in [5.41, 5.74) is 1.88. The molecule has 1 N–H and O–H groups in total. The summed E-state index contributed by atoms with van der Waals surface area (Å²) < 4.78 is 10.4. The van der Waals surface area contributed by atoms with Crippen LogP contribution in [0.2, 0.25) is 0 Å². The second-order valence-corrected chi connectivity index (χ2v) is 13.8. The lowest BCUT2D eigenvalue weighted by molar-refractivity contribution is -0.164. The fourth-order valence-corrected chi connectivity index (χ4v) is 7.37. The van der Waals surface area contributed by atoms with Gasteiger partial charge in [0.1, 0.15) is 36.0 Å². The molecule has 8 heteroatoms. The van der Waals surface area contributed by atoms with Gasteiger partial charge in [0.15, 0.2) is 0 Å². The van der Waals surface area contributed by atoms with Crippen molar-refractivity contribution in [2.45, 2.75) is 122 Å². The van der Waals surface area contributed by atoms with Crippen LogP contribution in [-0.4, -0.2) is 59.0 Å². The zero-order valence-electron chi connectivity index (χ0n) is 23.2. The van der Waals surface area contributed by atoms with E-state index in [1.54, 1.807) is 0 Å². The Hall–Kier alpha value is -2.32. The summed E-state index contributed by atoms with van der Waals surface area (Å²) >= 11 is 0. The highest BCUT2D eigenvalue weighted by atomic mass is 16.5. The number of fused-ring (bicyclic) bond motifs is 4. The van der Waals surface area contributed by atoms with Gasteiger partial charge in [-0.1, -0.05) is 12.1 Å². The number of esters is 1. The highest BCUT2D eigenvalue weighted by molar-refractivity contribution is 5.97. The van der Waals surface area contributed by atoms with Crippen molar-refractivity contribution in [3.63, 3.8) is 0 Å². The second-order valence-electron chi connectivity index (χ2n) is 13.8. The first kappa shape index (κ1) is 25.3. The molecule has 36 heavy (non-hydrogen) atoms. The molecule has 2 aliphatic heterocycles. The van der Waals surface area contributed by atoms with Crippen LogP contribution >= 0.6 is 0 Å². The Morgan fingerprint density at radius 3 is 1.86 bits per heavy atom. The van der Waals surface area contributed by atoms with Crippen molar-refractivity contribution in [1.29, 1.82) is 0 Å². The van der Waals surface area contributed by atoms with E-state index < -0.39 is 0 Å². The fourth-order valence-electron chi connectivity index (χ4n) is 7.37. The third kappa shape index (κ3) is 4.58. The smallest absolute Gasteiger partial charge is 0.313 e. The van der Waals surface area contributed by atoms with E-state index in [-0.39, 0.29) is 52.4 Å². The van der Waals surface area contributed by atoms with Crippen molar-refractivity contribution in [3.05, 3.63) is 24.3 Å². The average Bonchev–Trinajstić information content (AvgIpc) is 3.33. The first-order chi connectivity index (χ1) is 16.6. The van der Waals surface area contributed by atoms with Gasteiger partial charge in [0.2, 0.25) is 0 Å². The van der Waals surface area contributed by atoms with Crippen LogP contribution in [-0.2, 0) is 21.0 Å². The zero-order chi connectivity index (χ0) is 26.3. The van der Waals surface area contributed by atoms with Crippen LogP contribution < -0.4 is 5.32 Å². The molecule has 0 radical (unpaired) electrons. The predicted octanol–water partition coefficient (Wildman–Crippen LogP) is 4.47. The molecule has 0 saturated carbocycles. The van der Waals surface area contributed by atoms with Crippen LogP contribution in [0.15, 0.2) is 24.3 Å². The van der Waals surface area contributed by atoms with E-state index in [1.807, 2.05) is 0 Å². The summed E-state index contributed by atoms with van der Waals surface area (Å²) in [7, 11) is 0. The van der Waals surface area contributed by atoms with Gasteiger partial charge in [-0.25, -0.2) is 0 Å². The molecule has 3 aromatic rings. The van der Waals surface area contributed by atoms with Crippen molar-refractivity contribution in [2.75, 3.05) is 0 Å². The molecule has 0 bridgehead atoms. The standard InChI is InChI=1S/C28H43N5O3/c1-25(2)14-19(15-26(3,4)29-25)23(34)13-24(35)36-20-16-27(5,6)30(28(7,8)17-20)18-31-32-21-11-9-10-12-22(21)33(31)32/h9-12,19-20,29H,13-18H2,1-8H3. The molecule has 0 amide bonds. The summed E-state index contributed by atoms with van der Waals surface area (Å²) in [4.78, 5) is 30.7. The molecule has 2 aromatic heterocycles. The van der Waals surface area contributed by atoms with Crippen molar-refractivity contribution < 1.29 is 14.3 Å². The number of ether oxygens (including phenoxy) is 1. The van der Waals surface area contributed by atoms with E-state index >= 15 is 0 Å². The average molecular weight is 498 g/mol. The number of benzene rings is 1. The molecule has 5 rings (SSSR count). The van der Waals surface area contributed by atoms with Crippen molar-refractivity contribution in [2.24, 2.45) is 5.92 Å². The number of Topliss-reactive ketones (excluding diaryl/α,β-unsaturated/α-hetero) is 1. The lowest BCUT2D eigenvalue weighted by Crippen LogP contribution is -2.62. The molecule has 0 spiro atoms. The fraction of sp³-hybridized carbons (Fsp3) is 0.714. The summed E-state index contributed by atoms with van der Waals surface area (Å²) in [5, 5.41) is 3.61. The molecule has 0 unspecified atom stereocenters. The number of aromatic nitrogens is 3. The maximum absolute atomic E-state index is 13.1. The molecular formula is C28H43N5O3. The maximum Gasteiger partial charge on any atom is 0.313 e. The molecule has 2 aliphatic rings. The van der Waals surface area contributed by atoms with Gasteiger partial charge in [-0.2, -0.15) is 14.1 Å². The van der Waals surface area contributed by atoms with Gasteiger partial charge in [-0.05, 0) is 80.4 Å². The van der Waals surface area contributed by atoms with E-state index in [4.69, 9.17) is 4.74 Å². The van der Waals surface area contributed by atoms with Crippen molar-refractivity contribution >= 4 is 22.8 Å². The number of nitrogens with one attached hydrogen (secondary N) is 1. The van der Waals surface area contributed by atoms with Gasteiger partial charge in [-0.3, -0.25) is 14.5 Å². The van der Waals surface area contributed by atoms with E-state index in [2.05, 4.69) is 104 Å². The number of hydrogen-bond acceptors (Lipinski definition) is 5. The van der Waals surface area contributed by atoms with Crippen LogP contribution in [0.1, 0.15) is 87.5 Å². The van der Waals surface area contributed by atoms with Crippen molar-refractivity contribution in [1.82, 2.24) is 24.3 Å². The normalized spacial score (nSPS) is 24.6. The van der Waals surface area contributed by atoms with Crippen molar-refractivity contribution in [3.8, 4) is 0 Å². The first-order valence-corrected chi connectivity index (χ1v) is 13.3. The molecule has 0 atom stereocenters. The topological polar surface area (TPSA) is 72.4 Å². The van der Waals surface area contributed by atoms with Crippen LogP contribution in [0, 0.1) is 5.92 Å².